The molecular weight excluding hydrogens is 184 g/mol. The van der Waals surface area contributed by atoms with Crippen LogP contribution in [0, 0.1) is 13.8 Å². The number of rotatable bonds is 2. The van der Waals surface area contributed by atoms with E-state index in [4.69, 9.17) is 4.74 Å². The van der Waals surface area contributed by atoms with E-state index in [1.807, 2.05) is 12.1 Å². The highest BCUT2D eigenvalue weighted by atomic mass is 16.5. The molecule has 0 radical (unpaired) electrons. The van der Waals surface area contributed by atoms with E-state index in [1.165, 1.54) is 28.2 Å². The number of aryl methyl sites for hydroxylation is 2. The molecule has 0 N–H and O–H groups in total. The van der Waals surface area contributed by atoms with Crippen LogP contribution in [0.4, 0.5) is 0 Å². The molecule has 0 spiro atoms. The molecule has 0 saturated heterocycles. The summed E-state index contributed by atoms with van der Waals surface area (Å²) in [6, 6.07) is 10.3. The summed E-state index contributed by atoms with van der Waals surface area (Å²) in [6.07, 6.45) is 1.47. The molecule has 0 aliphatic carbocycles. The fourth-order valence-corrected chi connectivity index (χ4v) is 1.88. The predicted molar refractivity (Wildman–Crippen MR) is 64.2 cm³/mol. The highest BCUT2D eigenvalue weighted by molar-refractivity contribution is 5.93. The Balaban J connectivity index is 2.83. The lowest BCUT2D eigenvalue weighted by Gasteiger charge is -2.09. The van der Waals surface area contributed by atoms with Crippen molar-refractivity contribution < 1.29 is 4.74 Å². The molecule has 1 heteroatoms. The lowest BCUT2D eigenvalue weighted by Crippen LogP contribution is -1.88. The van der Waals surface area contributed by atoms with Gasteiger partial charge in [-0.05, 0) is 36.4 Å². The van der Waals surface area contributed by atoms with Gasteiger partial charge in [0.15, 0.2) is 0 Å². The van der Waals surface area contributed by atoms with Crippen molar-refractivity contribution in [1.82, 2.24) is 0 Å². The summed E-state index contributed by atoms with van der Waals surface area (Å²) in [7, 11) is 0. The average molecular weight is 198 g/mol. The number of hydrogen-bond acceptors (Lipinski definition) is 1. The van der Waals surface area contributed by atoms with Gasteiger partial charge in [0.2, 0.25) is 0 Å². The summed E-state index contributed by atoms with van der Waals surface area (Å²) in [5.74, 6) is 0.878. The molecule has 1 nitrogen and oxygen atoms in total. The van der Waals surface area contributed by atoms with Gasteiger partial charge in [-0.3, -0.25) is 0 Å². The smallest absolute Gasteiger partial charge is 0.134 e. The Bertz CT molecular complexity index is 512. The molecule has 0 aromatic heterocycles. The SMILES string of the molecule is C=COc1cccc2c(C)ccc(C)c12. The van der Waals surface area contributed by atoms with Crippen molar-refractivity contribution in [2.24, 2.45) is 0 Å². The summed E-state index contributed by atoms with van der Waals surface area (Å²) in [6.45, 7) is 7.80. The van der Waals surface area contributed by atoms with Crippen molar-refractivity contribution in [3.8, 4) is 5.75 Å². The largest absolute Gasteiger partial charge is 0.465 e. The van der Waals surface area contributed by atoms with E-state index in [9.17, 15) is 0 Å². The van der Waals surface area contributed by atoms with Crippen LogP contribution in [0.5, 0.6) is 5.75 Å². The summed E-state index contributed by atoms with van der Waals surface area (Å²) in [4.78, 5) is 0. The summed E-state index contributed by atoms with van der Waals surface area (Å²) in [5, 5.41) is 2.42. The minimum atomic E-state index is 0.878. The lowest BCUT2D eigenvalue weighted by atomic mass is 10.0. The monoisotopic (exact) mass is 198 g/mol. The van der Waals surface area contributed by atoms with Gasteiger partial charge < -0.3 is 4.74 Å². The Morgan fingerprint density at radius 2 is 1.80 bits per heavy atom. The van der Waals surface area contributed by atoms with Gasteiger partial charge in [0.05, 0.1) is 6.26 Å². The normalized spacial score (nSPS) is 10.3. The molecule has 0 unspecified atom stereocenters. The Morgan fingerprint density at radius 1 is 1.07 bits per heavy atom. The maximum Gasteiger partial charge on any atom is 0.134 e. The first-order valence-corrected chi connectivity index (χ1v) is 5.00. The zero-order valence-electron chi connectivity index (χ0n) is 9.08. The second kappa shape index (κ2) is 3.77. The van der Waals surface area contributed by atoms with E-state index in [0.717, 1.165) is 5.75 Å². The van der Waals surface area contributed by atoms with E-state index >= 15 is 0 Å². The molecule has 0 fully saturated rings. The molecule has 0 bridgehead atoms. The molecule has 2 aromatic rings. The first-order chi connectivity index (χ1) is 7.24. The van der Waals surface area contributed by atoms with Gasteiger partial charge in [0.25, 0.3) is 0 Å². The maximum absolute atomic E-state index is 5.42. The maximum atomic E-state index is 5.42. The molecule has 0 saturated carbocycles. The quantitative estimate of drug-likeness (QED) is 0.663. The fraction of sp³-hybridized carbons (Fsp3) is 0.143. The van der Waals surface area contributed by atoms with Crippen LogP contribution in [-0.2, 0) is 0 Å². The zero-order chi connectivity index (χ0) is 10.8. The van der Waals surface area contributed by atoms with Crippen LogP contribution < -0.4 is 4.74 Å². The van der Waals surface area contributed by atoms with Crippen molar-refractivity contribution in [3.05, 3.63) is 54.3 Å². The third-order valence-electron chi connectivity index (χ3n) is 2.64. The third kappa shape index (κ3) is 1.61. The summed E-state index contributed by atoms with van der Waals surface area (Å²) >= 11 is 0. The molecule has 0 atom stereocenters. The lowest BCUT2D eigenvalue weighted by molar-refractivity contribution is 0.489. The van der Waals surface area contributed by atoms with E-state index < -0.39 is 0 Å². The minimum absolute atomic E-state index is 0.878. The van der Waals surface area contributed by atoms with E-state index in [2.05, 4.69) is 38.6 Å². The van der Waals surface area contributed by atoms with E-state index in [0.29, 0.717) is 0 Å². The molecule has 2 rings (SSSR count). The van der Waals surface area contributed by atoms with Crippen molar-refractivity contribution >= 4 is 10.8 Å². The molecule has 15 heavy (non-hydrogen) atoms. The molecule has 76 valence electrons. The highest BCUT2D eigenvalue weighted by Crippen LogP contribution is 2.30. The number of hydrogen-bond donors (Lipinski definition) is 0. The second-order valence-corrected chi connectivity index (χ2v) is 3.66. The van der Waals surface area contributed by atoms with Gasteiger partial charge in [-0.2, -0.15) is 0 Å². The van der Waals surface area contributed by atoms with Gasteiger partial charge in [0, 0.05) is 5.39 Å². The molecule has 0 heterocycles. The van der Waals surface area contributed by atoms with Gasteiger partial charge in [-0.25, -0.2) is 0 Å². The second-order valence-electron chi connectivity index (χ2n) is 3.66. The topological polar surface area (TPSA) is 9.23 Å². The standard InChI is InChI=1S/C14H14O/c1-4-15-13-7-5-6-12-10(2)8-9-11(3)14(12)13/h4-9H,1H2,2-3H3. The van der Waals surface area contributed by atoms with Crippen molar-refractivity contribution in [1.29, 1.82) is 0 Å². The Morgan fingerprint density at radius 3 is 2.53 bits per heavy atom. The zero-order valence-corrected chi connectivity index (χ0v) is 9.08. The number of benzene rings is 2. The Hall–Kier alpha value is -1.76. The van der Waals surface area contributed by atoms with Crippen LogP contribution in [-0.4, -0.2) is 0 Å². The summed E-state index contributed by atoms with van der Waals surface area (Å²) < 4.78 is 5.42. The first kappa shape index (κ1) is 9.78. The van der Waals surface area contributed by atoms with Crippen LogP contribution in [0.25, 0.3) is 10.8 Å². The van der Waals surface area contributed by atoms with Crippen molar-refractivity contribution in [2.75, 3.05) is 0 Å². The average Bonchev–Trinajstić information content (AvgIpc) is 2.24. The van der Waals surface area contributed by atoms with Gasteiger partial charge in [-0.1, -0.05) is 30.8 Å². The third-order valence-corrected chi connectivity index (χ3v) is 2.64. The number of ether oxygens (including phenoxy) is 1. The van der Waals surface area contributed by atoms with Gasteiger partial charge in [-0.15, -0.1) is 0 Å². The molecule has 0 aliphatic heterocycles. The Kier molecular flexibility index (Phi) is 2.46. The van der Waals surface area contributed by atoms with Crippen LogP contribution >= 0.6 is 0 Å². The van der Waals surface area contributed by atoms with Crippen LogP contribution in [0.1, 0.15) is 11.1 Å². The van der Waals surface area contributed by atoms with Crippen LogP contribution in [0.15, 0.2) is 43.2 Å². The molecule has 0 aliphatic rings. The molecular formula is C14H14O. The van der Waals surface area contributed by atoms with Gasteiger partial charge in [0.1, 0.15) is 5.75 Å². The fourth-order valence-electron chi connectivity index (χ4n) is 1.88. The molecule has 2 aromatic carbocycles. The molecule has 0 amide bonds. The summed E-state index contributed by atoms with van der Waals surface area (Å²) in [5.41, 5.74) is 2.50. The van der Waals surface area contributed by atoms with Crippen molar-refractivity contribution in [3.63, 3.8) is 0 Å². The van der Waals surface area contributed by atoms with Gasteiger partial charge >= 0.3 is 0 Å². The van der Waals surface area contributed by atoms with Crippen molar-refractivity contribution in [2.45, 2.75) is 13.8 Å². The van der Waals surface area contributed by atoms with Crippen LogP contribution in [0.2, 0.25) is 0 Å². The predicted octanol–water partition coefficient (Wildman–Crippen LogP) is 3.98. The number of fused-ring (bicyclic) bond motifs is 1. The first-order valence-electron chi connectivity index (χ1n) is 5.00. The van der Waals surface area contributed by atoms with Crippen LogP contribution in [0.3, 0.4) is 0 Å². The van der Waals surface area contributed by atoms with E-state index in [1.54, 1.807) is 0 Å². The highest BCUT2D eigenvalue weighted by Gasteiger charge is 2.05. The van der Waals surface area contributed by atoms with E-state index in [-0.39, 0.29) is 0 Å². The minimum Gasteiger partial charge on any atom is -0.465 e. The Labute approximate surface area is 90.0 Å².